The third-order valence-electron chi connectivity index (χ3n) is 4.65. The molecular weight excluding hydrogens is 358 g/mol. The molecule has 1 saturated heterocycles. The van der Waals surface area contributed by atoms with Crippen LogP contribution in [0, 0.1) is 10.1 Å². The highest BCUT2D eigenvalue weighted by Gasteiger charge is 2.20. The Morgan fingerprint density at radius 2 is 1.93 bits per heavy atom. The van der Waals surface area contributed by atoms with Gasteiger partial charge in [0.05, 0.1) is 22.7 Å². The first-order valence-corrected chi connectivity index (χ1v) is 9.02. The van der Waals surface area contributed by atoms with E-state index in [1.54, 1.807) is 0 Å². The van der Waals surface area contributed by atoms with Crippen LogP contribution in [0.1, 0.15) is 15.9 Å². The number of piperazine rings is 1. The summed E-state index contributed by atoms with van der Waals surface area (Å²) in [6.45, 7) is 2.75. The van der Waals surface area contributed by atoms with E-state index in [4.69, 9.17) is 0 Å². The van der Waals surface area contributed by atoms with Crippen LogP contribution in [0.3, 0.4) is 0 Å². The summed E-state index contributed by atoms with van der Waals surface area (Å²) in [5.74, 6) is 0.429. The van der Waals surface area contributed by atoms with Crippen LogP contribution in [-0.2, 0) is 6.54 Å². The molecule has 0 atom stereocenters. The van der Waals surface area contributed by atoms with Gasteiger partial charge in [-0.05, 0) is 18.7 Å². The number of aliphatic imine (C=N–C) groups is 1. The van der Waals surface area contributed by atoms with Gasteiger partial charge < -0.3 is 10.2 Å². The van der Waals surface area contributed by atoms with Crippen molar-refractivity contribution >= 4 is 23.1 Å². The summed E-state index contributed by atoms with van der Waals surface area (Å²) in [5, 5.41) is 14.0. The molecule has 1 fully saturated rings. The number of carbonyl (C=O) groups excluding carboxylic acids is 1. The van der Waals surface area contributed by atoms with Gasteiger partial charge in [0.15, 0.2) is 0 Å². The van der Waals surface area contributed by atoms with Gasteiger partial charge in [0.25, 0.3) is 11.6 Å². The van der Waals surface area contributed by atoms with Crippen molar-refractivity contribution in [3.63, 3.8) is 0 Å². The number of likely N-dealkylation sites (N-methyl/N-ethyl adjacent to an activating group) is 2. The predicted molar refractivity (Wildman–Crippen MR) is 108 cm³/mol. The highest BCUT2D eigenvalue weighted by molar-refractivity contribution is 6.01. The van der Waals surface area contributed by atoms with Crippen LogP contribution < -0.4 is 5.32 Å². The van der Waals surface area contributed by atoms with Gasteiger partial charge in [0.2, 0.25) is 0 Å². The summed E-state index contributed by atoms with van der Waals surface area (Å²) in [6, 6.07) is 13.7. The van der Waals surface area contributed by atoms with Gasteiger partial charge in [0, 0.05) is 38.8 Å². The monoisotopic (exact) mass is 381 g/mol. The molecule has 0 unspecified atom stereocenters. The third-order valence-corrected chi connectivity index (χ3v) is 4.65. The van der Waals surface area contributed by atoms with Crippen molar-refractivity contribution in [2.75, 3.05) is 33.7 Å². The van der Waals surface area contributed by atoms with Gasteiger partial charge in [-0.25, -0.2) is 4.99 Å². The molecule has 28 heavy (non-hydrogen) atoms. The number of hydrogen-bond acceptors (Lipinski definition) is 5. The van der Waals surface area contributed by atoms with E-state index >= 15 is 0 Å². The molecule has 1 N–H and O–H groups in total. The molecule has 3 rings (SSSR count). The number of nitrogens with zero attached hydrogens (tertiary/aromatic N) is 4. The second-order valence-corrected chi connectivity index (χ2v) is 6.81. The molecule has 0 aromatic heterocycles. The first-order valence-electron chi connectivity index (χ1n) is 9.02. The maximum absolute atomic E-state index is 12.8. The molecule has 146 valence electrons. The molecule has 1 amide bonds. The maximum Gasteiger partial charge on any atom is 0.270 e. The van der Waals surface area contributed by atoms with Gasteiger partial charge in [-0.1, -0.05) is 30.3 Å². The highest BCUT2D eigenvalue weighted by Crippen LogP contribution is 2.25. The Morgan fingerprint density at radius 3 is 2.64 bits per heavy atom. The molecule has 0 bridgehead atoms. The molecule has 0 spiro atoms. The lowest BCUT2D eigenvalue weighted by atomic mass is 10.1. The fourth-order valence-electron chi connectivity index (χ4n) is 2.94. The number of nitrogens with one attached hydrogen (secondary N) is 1. The zero-order valence-corrected chi connectivity index (χ0v) is 16.0. The Morgan fingerprint density at radius 1 is 1.18 bits per heavy atom. The van der Waals surface area contributed by atoms with Crippen molar-refractivity contribution in [1.82, 2.24) is 15.1 Å². The summed E-state index contributed by atoms with van der Waals surface area (Å²) >= 11 is 0. The Labute approximate surface area is 163 Å². The smallest absolute Gasteiger partial charge is 0.270 e. The molecule has 1 aliphatic rings. The van der Waals surface area contributed by atoms with Crippen molar-refractivity contribution in [2.24, 2.45) is 4.99 Å². The maximum atomic E-state index is 12.8. The summed E-state index contributed by atoms with van der Waals surface area (Å²) in [5.41, 5.74) is 1.43. The van der Waals surface area contributed by atoms with E-state index in [0.717, 1.165) is 24.5 Å². The number of amidine groups is 1. The van der Waals surface area contributed by atoms with Crippen LogP contribution in [0.15, 0.2) is 53.5 Å². The van der Waals surface area contributed by atoms with Gasteiger partial charge in [-0.15, -0.1) is 0 Å². The average molecular weight is 381 g/mol. The Hall–Kier alpha value is -3.26. The molecule has 0 aliphatic carbocycles. The summed E-state index contributed by atoms with van der Waals surface area (Å²) in [7, 11) is 3.96. The second-order valence-electron chi connectivity index (χ2n) is 6.81. The van der Waals surface area contributed by atoms with Crippen LogP contribution in [0.4, 0.5) is 11.4 Å². The van der Waals surface area contributed by atoms with E-state index in [2.05, 4.69) is 15.2 Å². The van der Waals surface area contributed by atoms with Gasteiger partial charge in [-0.2, -0.15) is 0 Å². The van der Waals surface area contributed by atoms with Crippen molar-refractivity contribution in [1.29, 1.82) is 0 Å². The summed E-state index contributed by atoms with van der Waals surface area (Å²) in [6.07, 6.45) is 0. The van der Waals surface area contributed by atoms with Crippen LogP contribution in [0.2, 0.25) is 0 Å². The number of hydrogen-bond donors (Lipinski definition) is 1. The fourth-order valence-corrected chi connectivity index (χ4v) is 2.94. The van der Waals surface area contributed by atoms with Crippen LogP contribution in [-0.4, -0.2) is 60.2 Å². The normalized spacial score (nSPS) is 16.2. The molecular formula is C20H23N5O3. The van der Waals surface area contributed by atoms with E-state index < -0.39 is 10.8 Å². The number of carbonyl (C=O) groups is 1. The number of nitro benzene ring substituents is 1. The molecule has 2 aromatic carbocycles. The van der Waals surface area contributed by atoms with Crippen molar-refractivity contribution in [3.8, 4) is 0 Å². The Balaban J connectivity index is 1.89. The molecule has 2 aromatic rings. The van der Waals surface area contributed by atoms with E-state index in [9.17, 15) is 14.9 Å². The lowest BCUT2D eigenvalue weighted by Crippen LogP contribution is -2.46. The molecule has 0 saturated carbocycles. The lowest BCUT2D eigenvalue weighted by Gasteiger charge is -2.32. The van der Waals surface area contributed by atoms with Crippen molar-refractivity contribution in [3.05, 3.63) is 69.8 Å². The Bertz CT molecular complexity index is 898. The topological polar surface area (TPSA) is 91.1 Å². The largest absolute Gasteiger partial charge is 0.361 e. The standard InChI is InChI=1S/C20H23N5O3/c1-23-10-11-24(2)19(14-23)22-18-9-8-16(25(27)28)12-17(18)20(26)21-13-15-6-4-3-5-7-15/h3-9,12H,10-11,13-14H2,1-2H3,(H,21,26). The Kier molecular flexibility index (Phi) is 6.00. The molecule has 8 heteroatoms. The number of rotatable bonds is 5. The minimum Gasteiger partial charge on any atom is -0.361 e. The minimum atomic E-state index is -0.509. The summed E-state index contributed by atoms with van der Waals surface area (Å²) < 4.78 is 0. The van der Waals surface area contributed by atoms with Gasteiger partial charge in [0.1, 0.15) is 5.84 Å². The van der Waals surface area contributed by atoms with Crippen molar-refractivity contribution in [2.45, 2.75) is 6.54 Å². The van der Waals surface area contributed by atoms with Crippen LogP contribution >= 0.6 is 0 Å². The van der Waals surface area contributed by atoms with E-state index in [0.29, 0.717) is 18.8 Å². The molecule has 8 nitrogen and oxygen atoms in total. The highest BCUT2D eigenvalue weighted by atomic mass is 16.6. The zero-order chi connectivity index (χ0) is 20.1. The first kappa shape index (κ1) is 19.5. The number of nitro groups is 1. The number of amides is 1. The molecule has 1 heterocycles. The first-order chi connectivity index (χ1) is 13.4. The average Bonchev–Trinajstić information content (AvgIpc) is 2.70. The van der Waals surface area contributed by atoms with Gasteiger partial charge >= 0.3 is 0 Å². The quantitative estimate of drug-likeness (QED) is 0.634. The third kappa shape index (κ3) is 4.72. The molecule has 0 radical (unpaired) electrons. The second kappa shape index (κ2) is 8.62. The SMILES string of the molecule is CN1CCN(C)C(=Nc2ccc([N+](=O)[O-])cc2C(=O)NCc2ccccc2)C1. The zero-order valence-electron chi connectivity index (χ0n) is 16.0. The van der Waals surface area contributed by atoms with E-state index in [1.165, 1.54) is 18.2 Å². The van der Waals surface area contributed by atoms with Crippen LogP contribution in [0.5, 0.6) is 0 Å². The fraction of sp³-hybridized carbons (Fsp3) is 0.300. The minimum absolute atomic E-state index is 0.136. The summed E-state index contributed by atoms with van der Waals surface area (Å²) in [4.78, 5) is 32.3. The van der Waals surface area contributed by atoms with E-state index in [-0.39, 0.29) is 11.3 Å². The number of non-ortho nitro benzene ring substituents is 1. The van der Waals surface area contributed by atoms with Crippen molar-refractivity contribution < 1.29 is 9.72 Å². The number of benzene rings is 2. The van der Waals surface area contributed by atoms with Gasteiger partial charge in [-0.3, -0.25) is 19.8 Å². The lowest BCUT2D eigenvalue weighted by molar-refractivity contribution is -0.384. The van der Waals surface area contributed by atoms with Crippen LogP contribution in [0.25, 0.3) is 0 Å². The van der Waals surface area contributed by atoms with E-state index in [1.807, 2.05) is 49.3 Å². The molecule has 1 aliphatic heterocycles. The predicted octanol–water partition coefficient (Wildman–Crippen LogP) is 2.43.